The van der Waals surface area contributed by atoms with E-state index in [0.29, 0.717) is 0 Å². The summed E-state index contributed by atoms with van der Waals surface area (Å²) in [5, 5.41) is 8.93. The minimum atomic E-state index is -4.11. The molecule has 0 atom stereocenters. The Labute approximate surface area is 148 Å². The summed E-state index contributed by atoms with van der Waals surface area (Å²) in [7, 11) is -2.67. The maximum atomic E-state index is 12.6. The molecule has 136 valence electrons. The summed E-state index contributed by atoms with van der Waals surface area (Å²) in [6.45, 7) is 1.79. The number of amides is 1. The first-order chi connectivity index (χ1) is 12.4. The molecule has 1 amide bonds. The number of ether oxygens (including phenoxy) is 1. The fourth-order valence-corrected chi connectivity index (χ4v) is 3.72. The first-order valence-electron chi connectivity index (χ1n) is 7.41. The summed E-state index contributed by atoms with van der Waals surface area (Å²) in [5.74, 6) is -1.91. The average molecular weight is 378 g/mol. The summed E-state index contributed by atoms with van der Waals surface area (Å²) in [4.78, 5) is 28.8. The number of para-hydroxylation sites is 1. The van der Waals surface area contributed by atoms with E-state index in [1.54, 1.807) is 19.1 Å². The zero-order chi connectivity index (χ0) is 18.9. The molecule has 1 aliphatic heterocycles. The Bertz CT molecular complexity index is 1010. The molecule has 0 aliphatic carbocycles. The number of hydrogen-bond acceptors (Lipinski definition) is 9. The lowest BCUT2D eigenvalue weighted by molar-refractivity contribution is -0.112. The maximum Gasteiger partial charge on any atom is 0.375 e. The molecule has 2 aromatic rings. The second-order valence-corrected chi connectivity index (χ2v) is 6.93. The van der Waals surface area contributed by atoms with Crippen LogP contribution in [0.25, 0.3) is 0 Å². The van der Waals surface area contributed by atoms with E-state index in [2.05, 4.69) is 25.7 Å². The number of nitrogens with zero attached hydrogens (tertiary/aromatic N) is 4. The van der Waals surface area contributed by atoms with Crippen LogP contribution >= 0.6 is 0 Å². The van der Waals surface area contributed by atoms with Crippen LogP contribution in [0.15, 0.2) is 34.3 Å². The molecular formula is C14H14N6O5S. The SMILES string of the molecule is CCOC(=O)c1nc(NN=C2C(=O)N(C)c3ccccc3S2(=O)=O)n[nH]1. The van der Waals surface area contributed by atoms with E-state index in [9.17, 15) is 18.0 Å². The van der Waals surface area contributed by atoms with Crippen molar-refractivity contribution in [3.63, 3.8) is 0 Å². The van der Waals surface area contributed by atoms with Crippen LogP contribution in [0.3, 0.4) is 0 Å². The van der Waals surface area contributed by atoms with Crippen molar-refractivity contribution in [1.29, 1.82) is 0 Å². The van der Waals surface area contributed by atoms with Gasteiger partial charge in [-0.15, -0.1) is 5.10 Å². The number of carbonyl (C=O) groups excluding carboxylic acids is 2. The summed E-state index contributed by atoms with van der Waals surface area (Å²) >= 11 is 0. The van der Waals surface area contributed by atoms with E-state index in [-0.39, 0.29) is 29.0 Å². The number of fused-ring (bicyclic) bond motifs is 1. The molecule has 0 saturated carbocycles. The molecule has 12 heteroatoms. The van der Waals surface area contributed by atoms with Crippen LogP contribution in [0.2, 0.25) is 0 Å². The normalized spacial score (nSPS) is 17.1. The van der Waals surface area contributed by atoms with Crippen LogP contribution in [0.4, 0.5) is 11.6 Å². The van der Waals surface area contributed by atoms with Gasteiger partial charge in [0.15, 0.2) is 0 Å². The first-order valence-corrected chi connectivity index (χ1v) is 8.90. The van der Waals surface area contributed by atoms with Gasteiger partial charge in [-0.05, 0) is 19.1 Å². The highest BCUT2D eigenvalue weighted by atomic mass is 32.2. The Kier molecular flexibility index (Phi) is 4.42. The Balaban J connectivity index is 1.92. The molecule has 0 spiro atoms. The number of benzene rings is 1. The van der Waals surface area contributed by atoms with Gasteiger partial charge < -0.3 is 9.64 Å². The molecule has 1 aromatic carbocycles. The number of carbonyl (C=O) groups is 2. The highest BCUT2D eigenvalue weighted by Crippen LogP contribution is 2.31. The lowest BCUT2D eigenvalue weighted by Gasteiger charge is -2.25. The molecule has 0 bridgehead atoms. The molecule has 1 aromatic heterocycles. The number of aromatic amines is 1. The van der Waals surface area contributed by atoms with Crippen LogP contribution < -0.4 is 10.3 Å². The van der Waals surface area contributed by atoms with E-state index < -0.39 is 26.8 Å². The fourth-order valence-electron chi connectivity index (χ4n) is 2.24. The Morgan fingerprint density at radius 1 is 1.38 bits per heavy atom. The third kappa shape index (κ3) is 2.90. The standard InChI is InChI=1S/C14H14N6O5S/c1-3-25-13(22)10-15-14(18-16-10)19-17-11-12(21)20(2)8-6-4-5-7-9(8)26(11,23)24/h4-7H,3H2,1-2H3,(H2,15,16,18,19). The molecule has 3 rings (SSSR count). The minimum absolute atomic E-state index is 0.0372. The van der Waals surface area contributed by atoms with Crippen molar-refractivity contribution in [2.45, 2.75) is 11.8 Å². The van der Waals surface area contributed by atoms with Gasteiger partial charge in [-0.2, -0.15) is 10.1 Å². The van der Waals surface area contributed by atoms with Crippen molar-refractivity contribution in [2.75, 3.05) is 24.0 Å². The molecule has 0 radical (unpaired) electrons. The lowest BCUT2D eigenvalue weighted by atomic mass is 10.3. The Morgan fingerprint density at radius 2 is 2.12 bits per heavy atom. The van der Waals surface area contributed by atoms with Crippen molar-refractivity contribution in [3.05, 3.63) is 30.1 Å². The number of hydrogen-bond donors (Lipinski definition) is 2. The molecule has 2 heterocycles. The summed E-state index contributed by atoms with van der Waals surface area (Å²) in [6.07, 6.45) is 0. The number of rotatable bonds is 4. The topological polar surface area (TPSA) is 147 Å². The van der Waals surface area contributed by atoms with Crippen molar-refractivity contribution < 1.29 is 22.7 Å². The van der Waals surface area contributed by atoms with Crippen LogP contribution in [0, 0.1) is 0 Å². The third-order valence-corrected chi connectivity index (χ3v) is 5.17. The number of nitrogens with one attached hydrogen (secondary N) is 2. The average Bonchev–Trinajstić information content (AvgIpc) is 3.09. The van der Waals surface area contributed by atoms with E-state index in [0.717, 1.165) is 0 Å². The highest BCUT2D eigenvalue weighted by molar-refractivity contribution is 8.08. The largest absolute Gasteiger partial charge is 0.460 e. The number of H-pyrrole nitrogens is 1. The second kappa shape index (κ2) is 6.55. The predicted molar refractivity (Wildman–Crippen MR) is 90.4 cm³/mol. The van der Waals surface area contributed by atoms with Crippen LogP contribution in [0.1, 0.15) is 17.5 Å². The highest BCUT2D eigenvalue weighted by Gasteiger charge is 2.40. The number of anilines is 2. The van der Waals surface area contributed by atoms with Gasteiger partial charge in [0.05, 0.1) is 17.2 Å². The smallest absolute Gasteiger partial charge is 0.375 e. The molecule has 2 N–H and O–H groups in total. The van der Waals surface area contributed by atoms with Gasteiger partial charge in [0.25, 0.3) is 11.9 Å². The van der Waals surface area contributed by atoms with Crippen molar-refractivity contribution in [2.24, 2.45) is 5.10 Å². The summed E-state index contributed by atoms with van der Waals surface area (Å²) < 4.78 is 30.0. The molecule has 0 saturated heterocycles. The van der Waals surface area contributed by atoms with Gasteiger partial charge in [-0.3, -0.25) is 9.89 Å². The van der Waals surface area contributed by atoms with Gasteiger partial charge in [-0.1, -0.05) is 12.1 Å². The van der Waals surface area contributed by atoms with Crippen molar-refractivity contribution in [3.8, 4) is 0 Å². The first kappa shape index (κ1) is 17.5. The van der Waals surface area contributed by atoms with Crippen LogP contribution in [0.5, 0.6) is 0 Å². The monoisotopic (exact) mass is 378 g/mol. The van der Waals surface area contributed by atoms with Crippen molar-refractivity contribution in [1.82, 2.24) is 15.2 Å². The number of hydrazone groups is 1. The van der Waals surface area contributed by atoms with Gasteiger partial charge in [0, 0.05) is 7.05 Å². The van der Waals surface area contributed by atoms with E-state index in [1.807, 2.05) is 0 Å². The molecule has 0 fully saturated rings. The Hall–Kier alpha value is -3.28. The molecule has 11 nitrogen and oxygen atoms in total. The van der Waals surface area contributed by atoms with Gasteiger partial charge in [0.2, 0.25) is 20.7 Å². The quantitative estimate of drug-likeness (QED) is 0.565. The van der Waals surface area contributed by atoms with E-state index in [4.69, 9.17) is 4.74 Å². The molecule has 26 heavy (non-hydrogen) atoms. The molecule has 1 aliphatic rings. The summed E-state index contributed by atoms with van der Waals surface area (Å²) in [6, 6.07) is 6.08. The van der Waals surface area contributed by atoms with Crippen LogP contribution in [-0.4, -0.2) is 54.2 Å². The van der Waals surface area contributed by atoms with Crippen molar-refractivity contribution >= 4 is 38.4 Å². The summed E-state index contributed by atoms with van der Waals surface area (Å²) in [5.41, 5.74) is 2.53. The second-order valence-electron chi connectivity index (χ2n) is 5.09. The fraction of sp³-hybridized carbons (Fsp3) is 0.214. The molecular weight excluding hydrogens is 364 g/mol. The van der Waals surface area contributed by atoms with Gasteiger partial charge >= 0.3 is 5.97 Å². The maximum absolute atomic E-state index is 12.6. The molecule has 0 unspecified atom stereocenters. The number of sulfone groups is 1. The van der Waals surface area contributed by atoms with Crippen LogP contribution in [-0.2, 0) is 19.4 Å². The predicted octanol–water partition coefficient (Wildman–Crippen LogP) is 0.157. The number of aromatic nitrogens is 3. The Morgan fingerprint density at radius 3 is 2.85 bits per heavy atom. The lowest BCUT2D eigenvalue weighted by Crippen LogP contribution is -2.43. The third-order valence-electron chi connectivity index (χ3n) is 3.47. The zero-order valence-corrected chi connectivity index (χ0v) is 14.6. The van der Waals surface area contributed by atoms with E-state index >= 15 is 0 Å². The van der Waals surface area contributed by atoms with Gasteiger partial charge in [-0.25, -0.2) is 18.6 Å². The van der Waals surface area contributed by atoms with Gasteiger partial charge in [0.1, 0.15) is 0 Å². The van der Waals surface area contributed by atoms with E-state index in [1.165, 1.54) is 24.1 Å². The minimum Gasteiger partial charge on any atom is -0.460 e. The number of esters is 1. The zero-order valence-electron chi connectivity index (χ0n) is 13.8.